The fraction of sp³-hybridized carbons (Fsp3) is 0.435. The number of hydrogen-bond acceptors (Lipinski definition) is 5. The van der Waals surface area contributed by atoms with Crippen molar-refractivity contribution in [2.24, 2.45) is 0 Å². The van der Waals surface area contributed by atoms with Crippen molar-refractivity contribution < 1.29 is 4.79 Å². The smallest absolute Gasteiger partial charge is 0.246 e. The highest BCUT2D eigenvalue weighted by Crippen LogP contribution is 2.29. The molecule has 0 aliphatic carbocycles. The van der Waals surface area contributed by atoms with E-state index < -0.39 is 0 Å². The van der Waals surface area contributed by atoms with Crippen LogP contribution < -0.4 is 5.32 Å². The third kappa shape index (κ3) is 5.87. The first-order valence-electron chi connectivity index (χ1n) is 10.2. The quantitative estimate of drug-likeness (QED) is 0.759. The average Bonchev–Trinajstić information content (AvgIpc) is 2.69. The predicted octanol–water partition coefficient (Wildman–Crippen LogP) is 3.66. The Morgan fingerprint density at radius 3 is 2.93 bits per heavy atom. The van der Waals surface area contributed by atoms with Crippen molar-refractivity contribution >= 4 is 17.4 Å². The zero-order valence-electron chi connectivity index (χ0n) is 17.9. The fourth-order valence-corrected chi connectivity index (χ4v) is 3.62. The number of hydrogen-bond donors (Lipinski definition) is 1. The number of nitrogens with zero attached hydrogens (tertiary/aromatic N) is 4. The topological polar surface area (TPSA) is 61.4 Å². The molecule has 1 atom stereocenters. The maximum absolute atomic E-state index is 12.5. The molecule has 2 aromatic heterocycles. The Balaban J connectivity index is 1.72. The number of rotatable bonds is 6. The van der Waals surface area contributed by atoms with Crippen LogP contribution in [0.1, 0.15) is 35.7 Å². The molecule has 6 nitrogen and oxygen atoms in total. The van der Waals surface area contributed by atoms with Crippen molar-refractivity contribution in [3.05, 3.63) is 59.6 Å². The van der Waals surface area contributed by atoms with Gasteiger partial charge in [0.1, 0.15) is 5.82 Å². The highest BCUT2D eigenvalue weighted by Gasteiger charge is 2.25. The van der Waals surface area contributed by atoms with Gasteiger partial charge in [-0.15, -0.1) is 0 Å². The molecule has 1 aliphatic heterocycles. The number of anilines is 2. The highest BCUT2D eigenvalue weighted by atomic mass is 16.2. The molecule has 1 fully saturated rings. The maximum Gasteiger partial charge on any atom is 0.246 e. The van der Waals surface area contributed by atoms with E-state index in [1.54, 1.807) is 12.3 Å². The van der Waals surface area contributed by atoms with E-state index in [1.807, 2.05) is 62.0 Å². The predicted molar refractivity (Wildman–Crippen MR) is 117 cm³/mol. The summed E-state index contributed by atoms with van der Waals surface area (Å²) in [4.78, 5) is 25.7. The normalized spacial score (nSPS) is 17.1. The summed E-state index contributed by atoms with van der Waals surface area (Å²) in [6.45, 7) is 6.34. The molecule has 6 heteroatoms. The van der Waals surface area contributed by atoms with Crippen LogP contribution in [-0.2, 0) is 4.79 Å². The van der Waals surface area contributed by atoms with Gasteiger partial charge in [-0.3, -0.25) is 9.78 Å². The number of aryl methyl sites for hydroxylation is 2. The molecule has 0 radical (unpaired) electrons. The van der Waals surface area contributed by atoms with Crippen LogP contribution in [0.5, 0.6) is 0 Å². The van der Waals surface area contributed by atoms with Crippen LogP contribution >= 0.6 is 0 Å². The van der Waals surface area contributed by atoms with E-state index in [1.165, 1.54) is 0 Å². The molecule has 1 N–H and O–H groups in total. The van der Waals surface area contributed by atoms with Gasteiger partial charge in [0.15, 0.2) is 0 Å². The third-order valence-corrected chi connectivity index (χ3v) is 5.13. The second kappa shape index (κ2) is 9.65. The lowest BCUT2D eigenvalue weighted by atomic mass is 9.93. The number of carbonyl (C=O) groups excluding carboxylic acids is 1. The molecule has 1 amide bonds. The van der Waals surface area contributed by atoms with Crippen molar-refractivity contribution in [3.8, 4) is 0 Å². The number of pyridine rings is 2. The minimum Gasteiger partial charge on any atom is -0.340 e. The molecule has 3 heterocycles. The number of amides is 1. The summed E-state index contributed by atoms with van der Waals surface area (Å²) in [7, 11) is 3.99. The van der Waals surface area contributed by atoms with Gasteiger partial charge >= 0.3 is 0 Å². The summed E-state index contributed by atoms with van der Waals surface area (Å²) in [5.74, 6) is 1.20. The molecule has 1 aliphatic rings. The number of nitrogens with one attached hydrogen (secondary N) is 1. The standard InChI is InChI=1S/C23H31N5O/c1-17-8-5-11-24-23(17)26-20-14-18(2)25-21(15-20)19-9-6-13-28(16-19)22(29)10-7-12-27(3)4/h5,7-8,10-11,14-15,19H,6,9,12-13,16H2,1-4H3,(H,24,25,26)/b10-7+/t19-/m1/s1. The van der Waals surface area contributed by atoms with E-state index in [0.717, 1.165) is 54.4 Å². The van der Waals surface area contributed by atoms with E-state index in [9.17, 15) is 4.79 Å². The third-order valence-electron chi connectivity index (χ3n) is 5.13. The fourth-order valence-electron chi connectivity index (χ4n) is 3.62. The Hall–Kier alpha value is -2.73. The van der Waals surface area contributed by atoms with Crippen molar-refractivity contribution in [2.75, 3.05) is 39.0 Å². The first kappa shape index (κ1) is 21.0. The monoisotopic (exact) mass is 393 g/mol. The second-order valence-corrected chi connectivity index (χ2v) is 8.00. The van der Waals surface area contributed by atoms with E-state index in [2.05, 4.69) is 16.4 Å². The van der Waals surface area contributed by atoms with Gasteiger partial charge in [0.25, 0.3) is 0 Å². The first-order valence-corrected chi connectivity index (χ1v) is 10.2. The number of aromatic nitrogens is 2. The molecule has 0 spiro atoms. The summed E-state index contributed by atoms with van der Waals surface area (Å²) < 4.78 is 0. The lowest BCUT2D eigenvalue weighted by molar-refractivity contribution is -0.127. The van der Waals surface area contributed by atoms with Gasteiger partial charge in [-0.25, -0.2) is 4.98 Å². The van der Waals surface area contributed by atoms with Crippen LogP contribution in [0.3, 0.4) is 0 Å². The summed E-state index contributed by atoms with van der Waals surface area (Å²) in [5.41, 5.74) is 4.09. The largest absolute Gasteiger partial charge is 0.340 e. The Bertz CT molecular complexity index is 877. The average molecular weight is 394 g/mol. The Kier molecular flexibility index (Phi) is 6.99. The molecule has 2 aromatic rings. The van der Waals surface area contributed by atoms with Gasteiger partial charge in [0.2, 0.25) is 5.91 Å². The van der Waals surface area contributed by atoms with Crippen LogP contribution in [0.25, 0.3) is 0 Å². The van der Waals surface area contributed by atoms with Crippen molar-refractivity contribution in [1.29, 1.82) is 0 Å². The van der Waals surface area contributed by atoms with E-state index >= 15 is 0 Å². The Labute approximate surface area is 173 Å². The first-order chi connectivity index (χ1) is 13.9. The molecule has 29 heavy (non-hydrogen) atoms. The van der Waals surface area contributed by atoms with Crippen molar-refractivity contribution in [2.45, 2.75) is 32.6 Å². The molecule has 154 valence electrons. The zero-order valence-corrected chi connectivity index (χ0v) is 17.9. The molecule has 1 saturated heterocycles. The minimum atomic E-state index is 0.0895. The van der Waals surface area contributed by atoms with Crippen LogP contribution in [0.2, 0.25) is 0 Å². The molecule has 0 saturated carbocycles. The summed E-state index contributed by atoms with van der Waals surface area (Å²) in [6.07, 6.45) is 7.45. The number of carbonyl (C=O) groups is 1. The summed E-state index contributed by atoms with van der Waals surface area (Å²) in [6, 6.07) is 8.11. The summed E-state index contributed by atoms with van der Waals surface area (Å²) in [5, 5.41) is 3.42. The number of likely N-dealkylation sites (N-methyl/N-ethyl adjacent to an activating group) is 1. The SMILES string of the molecule is Cc1cc(Nc2ncccc2C)cc([C@@H]2CCCN(C(=O)/C=C/CN(C)C)C2)n1. The van der Waals surface area contributed by atoms with Crippen molar-refractivity contribution in [1.82, 2.24) is 19.8 Å². The van der Waals surface area contributed by atoms with Crippen molar-refractivity contribution in [3.63, 3.8) is 0 Å². The molecular formula is C23H31N5O. The summed E-state index contributed by atoms with van der Waals surface area (Å²) >= 11 is 0. The van der Waals surface area contributed by atoms with Crippen LogP contribution in [0.4, 0.5) is 11.5 Å². The van der Waals surface area contributed by atoms with Gasteiger partial charge in [-0.05, 0) is 64.5 Å². The molecule has 0 aromatic carbocycles. The van der Waals surface area contributed by atoms with Gasteiger partial charge in [-0.1, -0.05) is 12.1 Å². The minimum absolute atomic E-state index is 0.0895. The van der Waals surface area contributed by atoms with Crippen LogP contribution in [-0.4, -0.2) is 59.4 Å². The lowest BCUT2D eigenvalue weighted by Gasteiger charge is -2.32. The van der Waals surface area contributed by atoms with Gasteiger partial charge in [0, 0.05) is 54.9 Å². The van der Waals surface area contributed by atoms with E-state index in [4.69, 9.17) is 4.98 Å². The number of likely N-dealkylation sites (tertiary alicyclic amines) is 1. The zero-order chi connectivity index (χ0) is 20.8. The Morgan fingerprint density at radius 2 is 2.17 bits per heavy atom. The van der Waals surface area contributed by atoms with E-state index in [-0.39, 0.29) is 11.8 Å². The highest BCUT2D eigenvalue weighted by molar-refractivity contribution is 5.87. The molecule has 0 unspecified atom stereocenters. The van der Waals surface area contributed by atoms with E-state index in [0.29, 0.717) is 6.54 Å². The molecule has 3 rings (SSSR count). The van der Waals surface area contributed by atoms with Crippen LogP contribution in [0, 0.1) is 13.8 Å². The van der Waals surface area contributed by atoms with Gasteiger partial charge in [0.05, 0.1) is 0 Å². The van der Waals surface area contributed by atoms with Crippen LogP contribution in [0.15, 0.2) is 42.6 Å². The maximum atomic E-state index is 12.5. The van der Waals surface area contributed by atoms with Gasteiger partial charge in [-0.2, -0.15) is 0 Å². The molecule has 0 bridgehead atoms. The number of piperidine rings is 1. The lowest BCUT2D eigenvalue weighted by Crippen LogP contribution is -2.38. The second-order valence-electron chi connectivity index (χ2n) is 8.00. The Morgan fingerprint density at radius 1 is 1.34 bits per heavy atom. The van der Waals surface area contributed by atoms with Gasteiger partial charge < -0.3 is 15.1 Å². The molecular weight excluding hydrogens is 362 g/mol.